The Balaban J connectivity index is 1.38. The number of halogens is 3. The lowest BCUT2D eigenvalue weighted by molar-refractivity contribution is -0.206. The topological polar surface area (TPSA) is 18.5 Å². The van der Waals surface area contributed by atoms with Gasteiger partial charge in [0.25, 0.3) is 0 Å². The first-order valence-corrected chi connectivity index (χ1v) is 12.8. The normalized spacial score (nSPS) is 17.9. The fourth-order valence-corrected chi connectivity index (χ4v) is 4.65. The lowest BCUT2D eigenvalue weighted by atomic mass is 9.93. The first-order valence-electron chi connectivity index (χ1n) is 12.8. The van der Waals surface area contributed by atoms with Gasteiger partial charge in [0.1, 0.15) is 5.82 Å². The van der Waals surface area contributed by atoms with Gasteiger partial charge in [-0.05, 0) is 29.2 Å². The van der Waals surface area contributed by atoms with Crippen LogP contribution in [0.1, 0.15) is 62.9 Å². The van der Waals surface area contributed by atoms with Crippen molar-refractivity contribution in [3.05, 3.63) is 83.2 Å². The molecule has 1 aliphatic rings. The second-order valence-electron chi connectivity index (χ2n) is 9.49. The molecule has 1 heterocycles. The second kappa shape index (κ2) is 12.6. The lowest BCUT2D eigenvalue weighted by Crippen LogP contribution is -2.27. The van der Waals surface area contributed by atoms with Gasteiger partial charge in [0.2, 0.25) is 0 Å². The third-order valence-corrected chi connectivity index (χ3v) is 6.84. The molecule has 2 radical (unpaired) electrons. The molecule has 1 fully saturated rings. The van der Waals surface area contributed by atoms with Gasteiger partial charge < -0.3 is 9.47 Å². The monoisotopic (exact) mass is 492 g/mol. The summed E-state index contributed by atoms with van der Waals surface area (Å²) >= 11 is 0. The zero-order valence-corrected chi connectivity index (χ0v) is 20.7. The molecule has 3 aromatic rings. The van der Waals surface area contributed by atoms with Crippen LogP contribution in [0.3, 0.4) is 0 Å². The minimum absolute atomic E-state index is 0.0755. The summed E-state index contributed by atoms with van der Waals surface area (Å²) in [5.74, 6) is -1.89. The molecule has 0 atom stereocenters. The Morgan fingerprint density at radius 2 is 1.42 bits per heavy atom. The summed E-state index contributed by atoms with van der Waals surface area (Å²) in [7, 11) is 5.44. The van der Waals surface area contributed by atoms with Gasteiger partial charge in [-0.25, -0.2) is 13.2 Å². The van der Waals surface area contributed by atoms with Gasteiger partial charge in [0, 0.05) is 22.6 Å². The molecule has 0 N–H and O–H groups in total. The minimum Gasteiger partial charge on any atom is -0.348 e. The SMILES string of the molecule is [B]Cc1ccc(-c2ccc(-c3ccc(C4OCC(CCCCCCC)CO4)cc3F)cc2)c(F)c1F. The number of ether oxygens (including phenoxy) is 2. The first kappa shape index (κ1) is 26.5. The summed E-state index contributed by atoms with van der Waals surface area (Å²) in [6, 6.07) is 14.6. The van der Waals surface area contributed by atoms with Crippen molar-refractivity contribution >= 4 is 7.85 Å². The van der Waals surface area contributed by atoms with Gasteiger partial charge in [-0.2, -0.15) is 0 Å². The Kier molecular flexibility index (Phi) is 9.27. The summed E-state index contributed by atoms with van der Waals surface area (Å²) in [5.41, 5.74) is 2.45. The molecule has 0 spiro atoms. The van der Waals surface area contributed by atoms with Crippen molar-refractivity contribution in [1.29, 1.82) is 0 Å². The summed E-state index contributed by atoms with van der Waals surface area (Å²) in [5, 5.41) is 0. The van der Waals surface area contributed by atoms with Crippen LogP contribution in [0, 0.1) is 23.4 Å². The highest BCUT2D eigenvalue weighted by Crippen LogP contribution is 2.33. The van der Waals surface area contributed by atoms with Crippen LogP contribution in [0.5, 0.6) is 0 Å². The van der Waals surface area contributed by atoms with Crippen molar-refractivity contribution in [2.24, 2.45) is 5.92 Å². The quantitative estimate of drug-likeness (QED) is 0.210. The molecule has 6 heteroatoms. The van der Waals surface area contributed by atoms with Crippen molar-refractivity contribution < 1.29 is 22.6 Å². The third kappa shape index (κ3) is 6.22. The lowest BCUT2D eigenvalue weighted by Gasteiger charge is -2.29. The predicted octanol–water partition coefficient (Wildman–Crippen LogP) is 8.13. The van der Waals surface area contributed by atoms with Crippen molar-refractivity contribution in [3.63, 3.8) is 0 Å². The Hall–Kier alpha value is -2.57. The molecule has 188 valence electrons. The van der Waals surface area contributed by atoms with Crippen LogP contribution in [-0.4, -0.2) is 21.1 Å². The van der Waals surface area contributed by atoms with E-state index in [1.165, 1.54) is 50.3 Å². The predicted molar refractivity (Wildman–Crippen MR) is 138 cm³/mol. The van der Waals surface area contributed by atoms with Gasteiger partial charge in [-0.3, -0.25) is 0 Å². The number of benzene rings is 3. The van der Waals surface area contributed by atoms with Crippen LogP contribution in [0.4, 0.5) is 13.2 Å². The molecule has 1 aliphatic heterocycles. The minimum atomic E-state index is -0.939. The van der Waals surface area contributed by atoms with Crippen molar-refractivity contribution in [2.45, 2.75) is 58.1 Å². The molecular formula is C30H32BF3O2. The molecule has 0 unspecified atom stereocenters. The van der Waals surface area contributed by atoms with E-state index >= 15 is 4.39 Å². The third-order valence-electron chi connectivity index (χ3n) is 6.84. The molecule has 0 amide bonds. The van der Waals surface area contributed by atoms with E-state index in [2.05, 4.69) is 6.92 Å². The molecule has 3 aromatic carbocycles. The molecule has 0 bridgehead atoms. The van der Waals surface area contributed by atoms with Gasteiger partial charge >= 0.3 is 0 Å². The van der Waals surface area contributed by atoms with Crippen LogP contribution in [0.2, 0.25) is 0 Å². The van der Waals surface area contributed by atoms with E-state index in [1.807, 2.05) is 6.07 Å². The molecule has 2 nitrogen and oxygen atoms in total. The molecule has 0 saturated carbocycles. The van der Waals surface area contributed by atoms with E-state index in [0.29, 0.717) is 41.4 Å². The van der Waals surface area contributed by atoms with Crippen LogP contribution in [0.15, 0.2) is 54.6 Å². The summed E-state index contributed by atoms with van der Waals surface area (Å²) in [6.45, 7) is 3.45. The molecule has 1 saturated heterocycles. The highest BCUT2D eigenvalue weighted by atomic mass is 19.2. The number of rotatable bonds is 10. The largest absolute Gasteiger partial charge is 0.348 e. The summed E-state index contributed by atoms with van der Waals surface area (Å²) < 4.78 is 55.4. The molecule has 36 heavy (non-hydrogen) atoms. The Morgan fingerprint density at radius 3 is 2.06 bits per heavy atom. The van der Waals surface area contributed by atoms with Gasteiger partial charge in [-0.15, -0.1) is 0 Å². The van der Waals surface area contributed by atoms with Crippen LogP contribution in [-0.2, 0) is 15.8 Å². The van der Waals surface area contributed by atoms with Gasteiger partial charge in [0.05, 0.1) is 21.1 Å². The maximum absolute atomic E-state index is 15.0. The van der Waals surface area contributed by atoms with E-state index in [-0.39, 0.29) is 17.4 Å². The second-order valence-corrected chi connectivity index (χ2v) is 9.49. The molecule has 4 rings (SSSR count). The summed E-state index contributed by atoms with van der Waals surface area (Å²) in [4.78, 5) is 0. The van der Waals surface area contributed by atoms with Gasteiger partial charge in [0.15, 0.2) is 17.9 Å². The standard InChI is InChI=1S/C30H32BF3O2/c1-2-3-4-5-6-7-20-18-35-30(36-19-20)23-12-14-25(27(32)16-23)21-8-10-22(11-9-21)26-15-13-24(17-31)28(33)29(26)34/h8-16,20,30H,2-7,17-19H2,1H3. The van der Waals surface area contributed by atoms with E-state index < -0.39 is 23.7 Å². The van der Waals surface area contributed by atoms with Crippen molar-refractivity contribution in [1.82, 2.24) is 0 Å². The maximum Gasteiger partial charge on any atom is 0.183 e. The highest BCUT2D eigenvalue weighted by molar-refractivity contribution is 6.08. The first-order chi connectivity index (χ1) is 17.5. The Morgan fingerprint density at radius 1 is 0.778 bits per heavy atom. The van der Waals surface area contributed by atoms with Crippen molar-refractivity contribution in [2.75, 3.05) is 13.2 Å². The van der Waals surface area contributed by atoms with Gasteiger partial charge in [-0.1, -0.05) is 93.9 Å². The van der Waals surface area contributed by atoms with E-state index in [4.69, 9.17) is 17.3 Å². The number of hydrogen-bond donors (Lipinski definition) is 0. The average molecular weight is 492 g/mol. The van der Waals surface area contributed by atoms with E-state index in [9.17, 15) is 8.78 Å². The molecular weight excluding hydrogens is 460 g/mol. The highest BCUT2D eigenvalue weighted by Gasteiger charge is 2.24. The maximum atomic E-state index is 15.0. The van der Waals surface area contributed by atoms with Crippen LogP contribution < -0.4 is 0 Å². The molecule has 0 aromatic heterocycles. The number of hydrogen-bond acceptors (Lipinski definition) is 2. The number of unbranched alkanes of at least 4 members (excludes halogenated alkanes) is 4. The van der Waals surface area contributed by atoms with E-state index in [0.717, 1.165) is 6.42 Å². The fourth-order valence-electron chi connectivity index (χ4n) is 4.65. The van der Waals surface area contributed by atoms with Crippen LogP contribution in [0.25, 0.3) is 22.3 Å². The summed E-state index contributed by atoms with van der Waals surface area (Å²) in [6.07, 6.45) is 6.68. The van der Waals surface area contributed by atoms with Crippen molar-refractivity contribution in [3.8, 4) is 22.3 Å². The Labute approximate surface area is 213 Å². The fraction of sp³-hybridized carbons (Fsp3) is 0.400. The van der Waals surface area contributed by atoms with Crippen LogP contribution >= 0.6 is 0 Å². The molecule has 0 aliphatic carbocycles. The average Bonchev–Trinajstić information content (AvgIpc) is 2.91. The van der Waals surface area contributed by atoms with E-state index in [1.54, 1.807) is 30.3 Å². The zero-order chi connectivity index (χ0) is 25.5. The Bertz CT molecular complexity index is 1140. The smallest absolute Gasteiger partial charge is 0.183 e. The zero-order valence-electron chi connectivity index (χ0n) is 20.7.